The van der Waals surface area contributed by atoms with Crippen molar-refractivity contribution < 1.29 is 0 Å². The van der Waals surface area contributed by atoms with Gasteiger partial charge in [0.1, 0.15) is 0 Å². The fourth-order valence-electron chi connectivity index (χ4n) is 0.335. The molecule has 0 aromatic carbocycles. The van der Waals surface area contributed by atoms with Crippen molar-refractivity contribution in [3.05, 3.63) is 11.6 Å². The molecule has 2 heteroatoms. The van der Waals surface area contributed by atoms with Gasteiger partial charge in [-0.3, -0.25) is 0 Å². The first kappa shape index (κ1) is 7.37. The molecule has 0 aromatic rings. The van der Waals surface area contributed by atoms with E-state index in [2.05, 4.69) is 0 Å². The summed E-state index contributed by atoms with van der Waals surface area (Å²) in [5.41, 5.74) is 6.67. The van der Waals surface area contributed by atoms with Gasteiger partial charge in [-0.05, 0) is 19.4 Å². The summed E-state index contributed by atoms with van der Waals surface area (Å²) in [5.74, 6) is 0. The first-order chi connectivity index (χ1) is 3.72. The van der Waals surface area contributed by atoms with Crippen molar-refractivity contribution >= 4 is 5.71 Å². The van der Waals surface area contributed by atoms with Crippen molar-refractivity contribution in [2.24, 2.45) is 5.73 Å². The van der Waals surface area contributed by atoms with Crippen molar-refractivity contribution in [2.45, 2.75) is 13.8 Å². The molecule has 0 atom stereocenters. The van der Waals surface area contributed by atoms with Crippen LogP contribution in [0.1, 0.15) is 13.8 Å². The van der Waals surface area contributed by atoms with Gasteiger partial charge in [-0.15, -0.1) is 0 Å². The zero-order chi connectivity index (χ0) is 6.57. The average Bonchev–Trinajstić information content (AvgIpc) is 1.84. The van der Waals surface area contributed by atoms with E-state index in [-0.39, 0.29) is 0 Å². The summed E-state index contributed by atoms with van der Waals surface area (Å²) in [6.07, 6.45) is 1.88. The summed E-state index contributed by atoms with van der Waals surface area (Å²) >= 11 is 0. The summed E-state index contributed by atoms with van der Waals surface area (Å²) in [5, 5.41) is 7.15. The Morgan fingerprint density at radius 3 is 2.38 bits per heavy atom. The molecule has 46 valence electrons. The second-order valence-electron chi connectivity index (χ2n) is 1.65. The molecule has 0 bridgehead atoms. The third kappa shape index (κ3) is 1.89. The Balaban J connectivity index is 3.83. The molecule has 3 N–H and O–H groups in total. The van der Waals surface area contributed by atoms with Crippen LogP contribution < -0.4 is 5.73 Å². The van der Waals surface area contributed by atoms with Crippen molar-refractivity contribution in [1.82, 2.24) is 0 Å². The minimum Gasteiger partial charge on any atom is -0.325 e. The Kier molecular flexibility index (Phi) is 3.12. The standard InChI is InChI=1S/C6H12N2/c1-3-5(2)6(8)4-7/h3,8H,4,7H2,1-2H3/b5-3+,8-6?. The second kappa shape index (κ2) is 3.38. The lowest BCUT2D eigenvalue weighted by molar-refractivity contribution is 1.25. The molecule has 0 saturated heterocycles. The molecule has 0 aliphatic rings. The van der Waals surface area contributed by atoms with Gasteiger partial charge in [0.15, 0.2) is 0 Å². The zero-order valence-electron chi connectivity index (χ0n) is 5.36. The van der Waals surface area contributed by atoms with Gasteiger partial charge in [0.05, 0.1) is 0 Å². The minimum atomic E-state index is 0.343. The fraction of sp³-hybridized carbons (Fsp3) is 0.500. The Labute approximate surface area is 49.9 Å². The number of rotatable bonds is 2. The molecule has 0 spiro atoms. The first-order valence-electron chi connectivity index (χ1n) is 2.63. The summed E-state index contributed by atoms with van der Waals surface area (Å²) < 4.78 is 0. The highest BCUT2D eigenvalue weighted by molar-refractivity contribution is 5.98. The van der Waals surface area contributed by atoms with Gasteiger partial charge in [0, 0.05) is 12.3 Å². The van der Waals surface area contributed by atoms with Gasteiger partial charge in [0.25, 0.3) is 0 Å². The van der Waals surface area contributed by atoms with Crippen molar-refractivity contribution in [1.29, 1.82) is 5.41 Å². The number of hydrogen-bond acceptors (Lipinski definition) is 2. The molecular weight excluding hydrogens is 100 g/mol. The summed E-state index contributed by atoms with van der Waals surface area (Å²) in [7, 11) is 0. The molecule has 0 heterocycles. The maximum Gasteiger partial charge on any atom is 0.0475 e. The lowest BCUT2D eigenvalue weighted by Gasteiger charge is -1.95. The normalized spacial score (nSPS) is 11.6. The van der Waals surface area contributed by atoms with Gasteiger partial charge in [-0.25, -0.2) is 0 Å². The number of nitrogens with one attached hydrogen (secondary N) is 1. The van der Waals surface area contributed by atoms with Crippen LogP contribution in [0.2, 0.25) is 0 Å². The van der Waals surface area contributed by atoms with Crippen LogP contribution in [0.4, 0.5) is 0 Å². The van der Waals surface area contributed by atoms with Crippen LogP contribution in [0, 0.1) is 5.41 Å². The highest BCUT2D eigenvalue weighted by atomic mass is 14.6. The highest BCUT2D eigenvalue weighted by Gasteiger charge is 1.91. The van der Waals surface area contributed by atoms with E-state index in [0.717, 1.165) is 5.57 Å². The average molecular weight is 112 g/mol. The van der Waals surface area contributed by atoms with Crippen LogP contribution in [0.25, 0.3) is 0 Å². The Bertz CT molecular complexity index is 114. The quantitative estimate of drug-likeness (QED) is 0.513. The van der Waals surface area contributed by atoms with Crippen molar-refractivity contribution in [2.75, 3.05) is 6.54 Å². The lowest BCUT2D eigenvalue weighted by Crippen LogP contribution is -2.12. The van der Waals surface area contributed by atoms with Gasteiger partial charge < -0.3 is 11.1 Å². The molecule has 0 aromatic heterocycles. The monoisotopic (exact) mass is 112 g/mol. The van der Waals surface area contributed by atoms with E-state index in [0.29, 0.717) is 12.3 Å². The highest BCUT2D eigenvalue weighted by Crippen LogP contribution is 1.90. The van der Waals surface area contributed by atoms with E-state index >= 15 is 0 Å². The largest absolute Gasteiger partial charge is 0.325 e. The van der Waals surface area contributed by atoms with E-state index in [1.54, 1.807) is 0 Å². The van der Waals surface area contributed by atoms with Gasteiger partial charge in [-0.1, -0.05) is 6.08 Å². The maximum atomic E-state index is 7.15. The molecule has 0 amide bonds. The fourth-order valence-corrected chi connectivity index (χ4v) is 0.335. The first-order valence-corrected chi connectivity index (χ1v) is 2.63. The molecule has 8 heavy (non-hydrogen) atoms. The Morgan fingerprint density at radius 1 is 1.75 bits per heavy atom. The number of allylic oxidation sites excluding steroid dienone is 1. The molecular formula is C6H12N2. The number of nitrogens with two attached hydrogens (primary N) is 1. The van der Waals surface area contributed by atoms with Crippen LogP contribution in [-0.4, -0.2) is 12.3 Å². The maximum absolute atomic E-state index is 7.15. The van der Waals surface area contributed by atoms with Crippen LogP contribution in [-0.2, 0) is 0 Å². The van der Waals surface area contributed by atoms with E-state index in [1.165, 1.54) is 0 Å². The van der Waals surface area contributed by atoms with Crippen LogP contribution >= 0.6 is 0 Å². The van der Waals surface area contributed by atoms with E-state index in [4.69, 9.17) is 11.1 Å². The van der Waals surface area contributed by atoms with Crippen LogP contribution in [0.5, 0.6) is 0 Å². The SMILES string of the molecule is C/C=C(\C)C(=N)CN. The number of hydrogen-bond donors (Lipinski definition) is 2. The molecule has 0 unspecified atom stereocenters. The predicted molar refractivity (Wildman–Crippen MR) is 36.2 cm³/mol. The van der Waals surface area contributed by atoms with Gasteiger partial charge >= 0.3 is 0 Å². The third-order valence-electron chi connectivity index (χ3n) is 1.11. The van der Waals surface area contributed by atoms with Crippen molar-refractivity contribution in [3.8, 4) is 0 Å². The Morgan fingerprint density at radius 2 is 2.25 bits per heavy atom. The zero-order valence-corrected chi connectivity index (χ0v) is 5.36. The Hall–Kier alpha value is -0.630. The molecule has 0 saturated carbocycles. The third-order valence-corrected chi connectivity index (χ3v) is 1.11. The van der Waals surface area contributed by atoms with E-state index in [1.807, 2.05) is 19.9 Å². The molecule has 2 nitrogen and oxygen atoms in total. The summed E-state index contributed by atoms with van der Waals surface area (Å²) in [6.45, 7) is 4.13. The molecule has 0 aliphatic heterocycles. The predicted octanol–water partition coefficient (Wildman–Crippen LogP) is 0.931. The minimum absolute atomic E-state index is 0.343. The van der Waals surface area contributed by atoms with Gasteiger partial charge in [-0.2, -0.15) is 0 Å². The van der Waals surface area contributed by atoms with Crippen LogP contribution in [0.15, 0.2) is 11.6 Å². The van der Waals surface area contributed by atoms with Gasteiger partial charge in [0.2, 0.25) is 0 Å². The lowest BCUT2D eigenvalue weighted by atomic mass is 10.2. The second-order valence-corrected chi connectivity index (χ2v) is 1.65. The topological polar surface area (TPSA) is 49.9 Å². The van der Waals surface area contributed by atoms with Crippen LogP contribution in [0.3, 0.4) is 0 Å². The summed E-state index contributed by atoms with van der Waals surface area (Å²) in [6, 6.07) is 0. The smallest absolute Gasteiger partial charge is 0.0475 e. The van der Waals surface area contributed by atoms with E-state index < -0.39 is 0 Å². The molecule has 0 fully saturated rings. The molecule has 0 rings (SSSR count). The molecule has 0 radical (unpaired) electrons. The molecule has 0 aliphatic carbocycles. The van der Waals surface area contributed by atoms with E-state index in [9.17, 15) is 0 Å². The van der Waals surface area contributed by atoms with Crippen molar-refractivity contribution in [3.63, 3.8) is 0 Å². The summed E-state index contributed by atoms with van der Waals surface area (Å²) in [4.78, 5) is 0.